The molecule has 1 aliphatic carbocycles. The van der Waals surface area contributed by atoms with Crippen molar-refractivity contribution in [3.05, 3.63) is 83.4 Å². The van der Waals surface area contributed by atoms with Gasteiger partial charge in [-0.2, -0.15) is 0 Å². The van der Waals surface area contributed by atoms with Crippen molar-refractivity contribution in [1.29, 1.82) is 0 Å². The number of fused-ring (bicyclic) bond motifs is 2. The topological polar surface area (TPSA) is 80.8 Å². The van der Waals surface area contributed by atoms with Crippen LogP contribution in [0.5, 0.6) is 5.75 Å². The highest BCUT2D eigenvalue weighted by Gasteiger charge is 2.34. The van der Waals surface area contributed by atoms with E-state index in [0.29, 0.717) is 6.54 Å². The Labute approximate surface area is 230 Å². The smallest absolute Gasteiger partial charge is 0.127 e. The minimum atomic E-state index is -0.308. The Kier molecular flexibility index (Phi) is 7.50. The number of H-pyrrole nitrogens is 1. The number of rotatable bonds is 8. The Morgan fingerprint density at radius 2 is 1.90 bits per heavy atom. The normalized spacial score (nSPS) is 18.9. The summed E-state index contributed by atoms with van der Waals surface area (Å²) in [6.07, 6.45) is 5.01. The number of benzene rings is 2. The van der Waals surface area contributed by atoms with Crippen LogP contribution in [0.4, 0.5) is 5.69 Å². The van der Waals surface area contributed by atoms with Crippen LogP contribution >= 0.6 is 0 Å². The van der Waals surface area contributed by atoms with Crippen molar-refractivity contribution < 1.29 is 9.84 Å². The number of likely N-dealkylation sites (N-methyl/N-ethyl adjacent to an activating group) is 1. The number of nitrogens with one attached hydrogen (secondary N) is 1. The second-order valence-corrected chi connectivity index (χ2v) is 10.8. The molecule has 2 aromatic carbocycles. The summed E-state index contributed by atoms with van der Waals surface area (Å²) >= 11 is 0. The average molecular weight is 527 g/mol. The molecule has 3 heterocycles. The number of para-hydroxylation sites is 1. The van der Waals surface area contributed by atoms with Gasteiger partial charge in [-0.05, 0) is 67.8 Å². The third-order valence-corrected chi connectivity index (χ3v) is 8.33. The van der Waals surface area contributed by atoms with Crippen LogP contribution < -0.4 is 9.64 Å². The zero-order valence-electron chi connectivity index (χ0n) is 22.9. The van der Waals surface area contributed by atoms with Gasteiger partial charge in [0.2, 0.25) is 0 Å². The summed E-state index contributed by atoms with van der Waals surface area (Å²) in [6, 6.07) is 18.6. The Bertz CT molecular complexity index is 1400. The van der Waals surface area contributed by atoms with E-state index in [4.69, 9.17) is 14.7 Å². The number of methoxy groups -OCH3 is 1. The van der Waals surface area contributed by atoms with Gasteiger partial charge in [-0.3, -0.25) is 9.88 Å². The molecule has 1 aliphatic heterocycles. The van der Waals surface area contributed by atoms with E-state index >= 15 is 0 Å². The molecular formula is C31H38N6O2. The molecule has 204 valence electrons. The van der Waals surface area contributed by atoms with Gasteiger partial charge in [0.15, 0.2) is 0 Å². The molecule has 0 spiro atoms. The summed E-state index contributed by atoms with van der Waals surface area (Å²) in [7, 11) is 3.86. The van der Waals surface area contributed by atoms with Gasteiger partial charge in [0.1, 0.15) is 17.1 Å². The number of aliphatic hydroxyl groups excluding tert-OH is 1. The Morgan fingerprint density at radius 1 is 1.08 bits per heavy atom. The predicted octanol–water partition coefficient (Wildman–Crippen LogP) is 4.33. The lowest BCUT2D eigenvalue weighted by Gasteiger charge is -2.39. The molecule has 0 radical (unpaired) electrons. The quantitative estimate of drug-likeness (QED) is 0.354. The Hall–Kier alpha value is -3.46. The van der Waals surface area contributed by atoms with E-state index in [0.717, 1.165) is 85.0 Å². The number of hydrogen-bond acceptors (Lipinski definition) is 7. The highest BCUT2D eigenvalue weighted by Crippen LogP contribution is 2.39. The third-order valence-electron chi connectivity index (χ3n) is 8.33. The van der Waals surface area contributed by atoms with Crippen LogP contribution in [0.15, 0.2) is 60.8 Å². The van der Waals surface area contributed by atoms with Crippen molar-refractivity contribution in [2.45, 2.75) is 37.9 Å². The molecular weight excluding hydrogens is 488 g/mol. The molecule has 4 aromatic rings. The van der Waals surface area contributed by atoms with Gasteiger partial charge in [0.05, 0.1) is 42.7 Å². The first-order chi connectivity index (χ1) is 19.1. The standard InChI is InChI=1S/C31H38N6O2/c1-35-16-18-36(19-17-35)26-9-4-8-25-30(26)34-31(33-25)28(21-38)37(20-22-11-13-24(39-2)14-12-22)27-10-3-6-23-7-5-15-32-29(23)27/h4-5,7-9,11-15,27-28,38H,3,6,10,16-21H2,1-2H3,(H,33,34)/t27?,28-/m0/s1. The first-order valence-corrected chi connectivity index (χ1v) is 14.0. The predicted molar refractivity (Wildman–Crippen MR) is 154 cm³/mol. The van der Waals surface area contributed by atoms with Gasteiger partial charge in [0.25, 0.3) is 0 Å². The SMILES string of the molecule is COc1ccc(CN(C2CCCc3cccnc32)[C@@H](CO)c2nc3c(N4CCN(C)CC4)cccc3[nH]2)cc1. The molecule has 1 fully saturated rings. The van der Waals surface area contributed by atoms with Crippen molar-refractivity contribution >= 4 is 16.7 Å². The molecule has 8 heteroatoms. The second kappa shape index (κ2) is 11.3. The molecule has 0 bridgehead atoms. The largest absolute Gasteiger partial charge is 0.497 e. The van der Waals surface area contributed by atoms with Gasteiger partial charge < -0.3 is 24.6 Å². The molecule has 2 N–H and O–H groups in total. The lowest BCUT2D eigenvalue weighted by Crippen LogP contribution is -2.44. The third kappa shape index (κ3) is 5.24. The van der Waals surface area contributed by atoms with E-state index < -0.39 is 0 Å². The molecule has 1 unspecified atom stereocenters. The number of ether oxygens (including phenoxy) is 1. The first-order valence-electron chi connectivity index (χ1n) is 14.0. The number of nitrogens with zero attached hydrogens (tertiary/aromatic N) is 5. The summed E-state index contributed by atoms with van der Waals surface area (Å²) in [6.45, 7) is 4.66. The average Bonchev–Trinajstić information content (AvgIpc) is 3.42. The second-order valence-electron chi connectivity index (χ2n) is 10.8. The van der Waals surface area contributed by atoms with E-state index in [-0.39, 0.29) is 18.7 Å². The molecule has 6 rings (SSSR count). The summed E-state index contributed by atoms with van der Waals surface area (Å²) in [5.74, 6) is 1.63. The van der Waals surface area contributed by atoms with Crippen LogP contribution in [0, 0.1) is 0 Å². The molecule has 2 atom stereocenters. The lowest BCUT2D eigenvalue weighted by molar-refractivity contribution is 0.0595. The summed E-state index contributed by atoms with van der Waals surface area (Å²) in [5, 5.41) is 10.9. The van der Waals surface area contributed by atoms with Crippen molar-refractivity contribution in [2.24, 2.45) is 0 Å². The molecule has 8 nitrogen and oxygen atoms in total. The molecule has 1 saturated heterocycles. The summed E-state index contributed by atoms with van der Waals surface area (Å²) < 4.78 is 5.39. The Balaban J connectivity index is 1.39. The van der Waals surface area contributed by atoms with Crippen LogP contribution in [-0.4, -0.2) is 76.8 Å². The van der Waals surface area contributed by atoms with Gasteiger partial charge in [0, 0.05) is 38.9 Å². The zero-order valence-corrected chi connectivity index (χ0v) is 22.9. The first kappa shape index (κ1) is 25.8. The minimum Gasteiger partial charge on any atom is -0.497 e. The maximum Gasteiger partial charge on any atom is 0.127 e. The van der Waals surface area contributed by atoms with E-state index in [2.05, 4.69) is 63.1 Å². The molecule has 2 aliphatic rings. The molecule has 0 saturated carbocycles. The number of imidazole rings is 1. The lowest BCUT2D eigenvalue weighted by atomic mass is 9.89. The van der Waals surface area contributed by atoms with E-state index in [1.807, 2.05) is 24.4 Å². The number of hydrogen-bond donors (Lipinski definition) is 2. The van der Waals surface area contributed by atoms with Crippen LogP contribution in [0.1, 0.15) is 47.6 Å². The highest BCUT2D eigenvalue weighted by atomic mass is 16.5. The number of pyridine rings is 1. The number of anilines is 1. The van der Waals surface area contributed by atoms with Crippen molar-refractivity contribution in [3.63, 3.8) is 0 Å². The zero-order chi connectivity index (χ0) is 26.8. The monoisotopic (exact) mass is 526 g/mol. The number of aliphatic hydroxyl groups is 1. The van der Waals surface area contributed by atoms with Crippen molar-refractivity contribution in [3.8, 4) is 5.75 Å². The fraction of sp³-hybridized carbons (Fsp3) is 0.419. The summed E-state index contributed by atoms with van der Waals surface area (Å²) in [5.41, 5.74) is 6.71. The van der Waals surface area contributed by atoms with Gasteiger partial charge in [-0.1, -0.05) is 24.3 Å². The number of aromatic nitrogens is 3. The fourth-order valence-electron chi connectivity index (χ4n) is 6.13. The van der Waals surface area contributed by atoms with E-state index in [1.165, 1.54) is 5.56 Å². The number of piperazine rings is 1. The minimum absolute atomic E-state index is 0.0432. The van der Waals surface area contributed by atoms with Gasteiger partial charge in [-0.15, -0.1) is 0 Å². The number of aryl methyl sites for hydroxylation is 1. The Morgan fingerprint density at radius 3 is 2.67 bits per heavy atom. The highest BCUT2D eigenvalue weighted by molar-refractivity contribution is 5.89. The van der Waals surface area contributed by atoms with Crippen LogP contribution in [0.25, 0.3) is 11.0 Å². The molecule has 39 heavy (non-hydrogen) atoms. The van der Waals surface area contributed by atoms with Crippen molar-refractivity contribution in [1.82, 2.24) is 24.8 Å². The van der Waals surface area contributed by atoms with E-state index in [1.54, 1.807) is 7.11 Å². The van der Waals surface area contributed by atoms with E-state index in [9.17, 15) is 5.11 Å². The van der Waals surface area contributed by atoms with Gasteiger partial charge >= 0.3 is 0 Å². The summed E-state index contributed by atoms with van der Waals surface area (Å²) in [4.78, 5) is 20.8. The van der Waals surface area contributed by atoms with Crippen molar-refractivity contribution in [2.75, 3.05) is 51.8 Å². The number of aromatic amines is 1. The maximum absolute atomic E-state index is 10.9. The molecule has 2 aromatic heterocycles. The van der Waals surface area contributed by atoms with Crippen LogP contribution in [0.2, 0.25) is 0 Å². The molecule has 0 amide bonds. The maximum atomic E-state index is 10.9. The van der Waals surface area contributed by atoms with Crippen LogP contribution in [0.3, 0.4) is 0 Å². The van der Waals surface area contributed by atoms with Gasteiger partial charge in [-0.25, -0.2) is 4.98 Å². The van der Waals surface area contributed by atoms with Crippen LogP contribution in [-0.2, 0) is 13.0 Å². The fourth-order valence-corrected chi connectivity index (χ4v) is 6.13.